The average Bonchev–Trinajstić information content (AvgIpc) is 2.87. The Kier molecular flexibility index (Phi) is 10.5. The minimum Gasteiger partial charge on any atom is -0.388 e. The Morgan fingerprint density at radius 3 is 2.58 bits per heavy atom. The molecule has 2 aromatic carbocycles. The van der Waals surface area contributed by atoms with Gasteiger partial charge in [0.05, 0.1) is 6.10 Å². The number of hydrogen-bond acceptors (Lipinski definition) is 6. The normalized spacial score (nSPS) is 14.2. The molecule has 0 aromatic heterocycles. The van der Waals surface area contributed by atoms with E-state index in [0.29, 0.717) is 5.70 Å². The van der Waals surface area contributed by atoms with Crippen molar-refractivity contribution < 1.29 is 15.0 Å². The van der Waals surface area contributed by atoms with Gasteiger partial charge in [-0.05, 0) is 42.2 Å². The first kappa shape index (κ1) is 26.0. The van der Waals surface area contributed by atoms with Gasteiger partial charge in [0, 0.05) is 49.9 Å². The zero-order valence-electron chi connectivity index (χ0n) is 20.0. The molecule has 33 heavy (non-hydrogen) atoms. The van der Waals surface area contributed by atoms with Crippen molar-refractivity contribution in [1.29, 1.82) is 0 Å². The van der Waals surface area contributed by atoms with Gasteiger partial charge in [-0.3, -0.25) is 9.80 Å². The fraction of sp³-hybridized carbons (Fsp3) is 0.333. The van der Waals surface area contributed by atoms with Crippen molar-refractivity contribution in [2.24, 2.45) is 5.10 Å². The quantitative estimate of drug-likeness (QED) is 0.560. The summed E-state index contributed by atoms with van der Waals surface area (Å²) in [6.45, 7) is 5.80. The molecule has 1 aliphatic heterocycles. The van der Waals surface area contributed by atoms with Gasteiger partial charge in [0.2, 0.25) is 0 Å². The fourth-order valence-corrected chi connectivity index (χ4v) is 3.48. The molecule has 0 saturated heterocycles. The van der Waals surface area contributed by atoms with Crippen molar-refractivity contribution in [1.82, 2.24) is 5.01 Å². The molecule has 0 aliphatic carbocycles. The van der Waals surface area contributed by atoms with E-state index in [9.17, 15) is 9.90 Å². The number of anilines is 1. The maximum absolute atomic E-state index is 11.7. The number of carbonyl (C=O) groups excluding carboxylic acids is 1. The van der Waals surface area contributed by atoms with Gasteiger partial charge in [-0.1, -0.05) is 56.3 Å². The molecule has 2 aromatic rings. The van der Waals surface area contributed by atoms with E-state index in [0.717, 1.165) is 36.2 Å². The van der Waals surface area contributed by atoms with Gasteiger partial charge in [0.25, 0.3) is 0 Å². The van der Waals surface area contributed by atoms with Crippen molar-refractivity contribution in [3.8, 4) is 0 Å². The molecule has 0 fully saturated rings. The number of carbonyl (C=O) groups is 1. The van der Waals surface area contributed by atoms with Crippen molar-refractivity contribution in [3.63, 3.8) is 0 Å². The summed E-state index contributed by atoms with van der Waals surface area (Å²) in [5.74, 6) is -0.445. The van der Waals surface area contributed by atoms with Crippen LogP contribution < -0.4 is 4.90 Å². The second-order valence-electron chi connectivity index (χ2n) is 7.53. The van der Waals surface area contributed by atoms with Crippen molar-refractivity contribution in [2.75, 3.05) is 25.1 Å². The summed E-state index contributed by atoms with van der Waals surface area (Å²) in [4.78, 5) is 13.5. The number of aliphatic hydroxyl groups excluding tert-OH is 2. The highest BCUT2D eigenvalue weighted by molar-refractivity contribution is 5.92. The highest BCUT2D eigenvalue weighted by atomic mass is 16.3. The third kappa shape index (κ3) is 7.70. The molecule has 1 heterocycles. The first-order valence-electron chi connectivity index (χ1n) is 11.4. The first-order chi connectivity index (χ1) is 16.0. The number of ketones is 1. The van der Waals surface area contributed by atoms with Crippen molar-refractivity contribution >= 4 is 23.3 Å². The molecular weight excluding hydrogens is 414 g/mol. The van der Waals surface area contributed by atoms with E-state index in [2.05, 4.69) is 23.4 Å². The molecule has 0 amide bonds. The zero-order valence-corrected chi connectivity index (χ0v) is 20.0. The van der Waals surface area contributed by atoms with E-state index < -0.39 is 18.5 Å². The van der Waals surface area contributed by atoms with Crippen LogP contribution in [0.1, 0.15) is 38.3 Å². The number of nitrogens with zero attached hydrogens (tertiary/aromatic N) is 3. The standard InChI is InChI=1S/C25H29N3O3.C2H6/c1-19(30)25(16-24(31)18-29)27(2)23-10-6-9-21(15-23)22-11-13-26-28(17-22)14-12-20-7-4-3-5-8-20;1-2/h3-10,13,15-17,19,29-30H,11-12,14,18H2,1-2H3;1-2H3/b25-16-;. The summed E-state index contributed by atoms with van der Waals surface area (Å²) in [5, 5.41) is 25.6. The molecule has 1 aliphatic rings. The zero-order chi connectivity index (χ0) is 24.2. The first-order valence-corrected chi connectivity index (χ1v) is 11.4. The number of aliphatic hydroxyl groups is 2. The Morgan fingerprint density at radius 1 is 1.18 bits per heavy atom. The van der Waals surface area contributed by atoms with Gasteiger partial charge in [-0.15, -0.1) is 0 Å². The monoisotopic (exact) mass is 449 g/mol. The number of benzene rings is 2. The Balaban J connectivity index is 0.00000187. The Hall–Kier alpha value is -3.22. The van der Waals surface area contributed by atoms with Crippen LogP contribution in [-0.2, 0) is 11.2 Å². The number of allylic oxidation sites excluding steroid dienone is 1. The van der Waals surface area contributed by atoms with Crippen molar-refractivity contribution in [3.05, 3.63) is 83.7 Å². The van der Waals surface area contributed by atoms with E-state index >= 15 is 0 Å². The Labute approximate surface area is 197 Å². The van der Waals surface area contributed by atoms with Crippen LogP contribution in [-0.4, -0.2) is 53.5 Å². The number of hydrogen-bond donors (Lipinski definition) is 2. The predicted octanol–water partition coefficient (Wildman–Crippen LogP) is 4.25. The molecule has 1 unspecified atom stereocenters. The van der Waals surface area contributed by atoms with E-state index in [1.54, 1.807) is 18.9 Å². The lowest BCUT2D eigenvalue weighted by Crippen LogP contribution is -2.26. The summed E-state index contributed by atoms with van der Waals surface area (Å²) < 4.78 is 0. The molecular formula is C27H35N3O3. The van der Waals surface area contributed by atoms with Crippen LogP contribution in [0.2, 0.25) is 0 Å². The average molecular weight is 450 g/mol. The van der Waals surface area contributed by atoms with Crippen LogP contribution in [0.5, 0.6) is 0 Å². The van der Waals surface area contributed by atoms with E-state index in [4.69, 9.17) is 5.11 Å². The topological polar surface area (TPSA) is 76.4 Å². The van der Waals surface area contributed by atoms with Gasteiger partial charge in [0.15, 0.2) is 5.78 Å². The molecule has 0 radical (unpaired) electrons. The molecule has 0 bridgehead atoms. The summed E-state index contributed by atoms with van der Waals surface area (Å²) in [7, 11) is 1.80. The smallest absolute Gasteiger partial charge is 0.182 e. The van der Waals surface area contributed by atoms with Gasteiger partial charge >= 0.3 is 0 Å². The lowest BCUT2D eigenvalue weighted by molar-refractivity contribution is -0.117. The maximum atomic E-state index is 11.7. The summed E-state index contributed by atoms with van der Waals surface area (Å²) >= 11 is 0. The van der Waals surface area contributed by atoms with Gasteiger partial charge in [-0.25, -0.2) is 0 Å². The Morgan fingerprint density at radius 2 is 1.91 bits per heavy atom. The number of likely N-dealkylation sites (N-methyl/N-ethyl adjacent to an activating group) is 1. The summed E-state index contributed by atoms with van der Waals surface area (Å²) in [6, 6.07) is 18.3. The van der Waals surface area contributed by atoms with Gasteiger partial charge < -0.3 is 15.1 Å². The van der Waals surface area contributed by atoms with E-state index in [1.807, 2.05) is 67.5 Å². The molecule has 0 saturated carbocycles. The summed E-state index contributed by atoms with van der Waals surface area (Å²) in [5.41, 5.74) is 4.75. The second kappa shape index (κ2) is 13.4. The fourth-order valence-electron chi connectivity index (χ4n) is 3.48. The third-order valence-electron chi connectivity index (χ3n) is 5.20. The van der Waals surface area contributed by atoms with E-state index in [1.165, 1.54) is 11.6 Å². The van der Waals surface area contributed by atoms with Crippen LogP contribution in [0.25, 0.3) is 5.57 Å². The van der Waals surface area contributed by atoms with Gasteiger partial charge in [-0.2, -0.15) is 5.10 Å². The van der Waals surface area contributed by atoms with E-state index in [-0.39, 0.29) is 0 Å². The Bertz CT molecular complexity index is 981. The molecule has 6 heteroatoms. The molecule has 0 spiro atoms. The van der Waals surface area contributed by atoms with Crippen LogP contribution in [0, 0.1) is 0 Å². The van der Waals surface area contributed by atoms with Crippen LogP contribution in [0.15, 0.2) is 77.7 Å². The highest BCUT2D eigenvalue weighted by Gasteiger charge is 2.16. The number of hydrazone groups is 1. The lowest BCUT2D eigenvalue weighted by atomic mass is 10.0. The summed E-state index contributed by atoms with van der Waals surface area (Å²) in [6.07, 6.45) is 6.07. The van der Waals surface area contributed by atoms with Crippen LogP contribution in [0.4, 0.5) is 5.69 Å². The van der Waals surface area contributed by atoms with Crippen molar-refractivity contribution in [2.45, 2.75) is 39.7 Å². The lowest BCUT2D eigenvalue weighted by Gasteiger charge is -2.26. The van der Waals surface area contributed by atoms with Crippen LogP contribution in [0.3, 0.4) is 0 Å². The largest absolute Gasteiger partial charge is 0.388 e. The molecule has 3 rings (SSSR count). The minimum atomic E-state index is -0.848. The SMILES string of the molecule is CC.CC(O)/C(=C/C(=O)CO)N(C)c1cccc(C2=CN(CCc3ccccc3)N=CC2)c1. The van der Waals surface area contributed by atoms with Crippen LogP contribution >= 0.6 is 0 Å². The van der Waals surface area contributed by atoms with Gasteiger partial charge in [0.1, 0.15) is 6.61 Å². The predicted molar refractivity (Wildman–Crippen MR) is 136 cm³/mol. The molecule has 6 nitrogen and oxygen atoms in total. The minimum absolute atomic E-state index is 0.430. The third-order valence-corrected chi connectivity index (χ3v) is 5.20. The second-order valence-corrected chi connectivity index (χ2v) is 7.53. The molecule has 1 atom stereocenters. The molecule has 2 N–H and O–H groups in total. The molecule has 176 valence electrons. The number of rotatable bonds is 9. The maximum Gasteiger partial charge on any atom is 0.182 e. The highest BCUT2D eigenvalue weighted by Crippen LogP contribution is 2.27.